The summed E-state index contributed by atoms with van der Waals surface area (Å²) in [4.78, 5) is 24.0. The van der Waals surface area contributed by atoms with Crippen LogP contribution >= 0.6 is 0 Å². The summed E-state index contributed by atoms with van der Waals surface area (Å²) in [5, 5.41) is 3.42. The fourth-order valence-electron chi connectivity index (χ4n) is 3.42. The predicted molar refractivity (Wildman–Crippen MR) is 109 cm³/mol. The van der Waals surface area contributed by atoms with Crippen LogP contribution in [0.15, 0.2) is 63.8 Å². The monoisotopic (exact) mass is 413 g/mol. The fraction of sp³-hybridized carbons (Fsp3) is 0.238. The molecule has 2 aromatic carbocycles. The first-order chi connectivity index (χ1) is 13.9. The van der Waals surface area contributed by atoms with Crippen LogP contribution in [0.3, 0.4) is 0 Å². The number of nitrogens with one attached hydrogen (secondary N) is 1. The Balaban J connectivity index is 1.49. The third-order valence-electron chi connectivity index (χ3n) is 4.77. The van der Waals surface area contributed by atoms with Crippen LogP contribution in [0, 0.1) is 0 Å². The lowest BCUT2D eigenvalue weighted by Gasteiger charge is -2.12. The van der Waals surface area contributed by atoms with Crippen LogP contribution in [-0.4, -0.2) is 38.5 Å². The van der Waals surface area contributed by atoms with Crippen molar-refractivity contribution in [3.05, 3.63) is 65.0 Å². The average Bonchev–Trinajstić information content (AvgIpc) is 3.04. The Morgan fingerprint density at radius 2 is 1.93 bits per heavy atom. The molecule has 1 saturated heterocycles. The number of benzene rings is 2. The molecule has 4 rings (SSSR count). The summed E-state index contributed by atoms with van der Waals surface area (Å²) in [6.07, 6.45) is 0.414. The molecule has 1 aromatic heterocycles. The van der Waals surface area contributed by atoms with Crippen LogP contribution in [0.1, 0.15) is 6.42 Å². The van der Waals surface area contributed by atoms with Gasteiger partial charge in [0.2, 0.25) is 0 Å². The van der Waals surface area contributed by atoms with E-state index in [9.17, 15) is 18.0 Å². The second-order valence-electron chi connectivity index (χ2n) is 6.96. The van der Waals surface area contributed by atoms with E-state index < -0.39 is 21.4 Å². The van der Waals surface area contributed by atoms with Crippen molar-refractivity contribution >= 4 is 26.7 Å². The fourth-order valence-corrected chi connectivity index (χ4v) is 5.09. The zero-order valence-corrected chi connectivity index (χ0v) is 16.3. The zero-order valence-electron chi connectivity index (χ0n) is 15.5. The van der Waals surface area contributed by atoms with Gasteiger partial charge in [-0.1, -0.05) is 30.3 Å². The number of hydrogen-bond donors (Lipinski definition) is 1. The topological polar surface area (TPSA) is 103 Å². The number of hydrogen-bond acceptors (Lipinski definition) is 6. The molecular weight excluding hydrogens is 394 g/mol. The highest BCUT2D eigenvalue weighted by Crippen LogP contribution is 2.29. The molecule has 1 aliphatic heterocycles. The highest BCUT2D eigenvalue weighted by molar-refractivity contribution is 7.91. The summed E-state index contributed by atoms with van der Waals surface area (Å²) in [6.45, 7) is -0.259. The van der Waals surface area contributed by atoms with Gasteiger partial charge in [-0.15, -0.1) is 0 Å². The Morgan fingerprint density at radius 3 is 2.66 bits per heavy atom. The number of sulfone groups is 1. The van der Waals surface area contributed by atoms with E-state index in [0.717, 1.165) is 16.5 Å². The molecular formula is C21H19NO6S. The van der Waals surface area contributed by atoms with Gasteiger partial charge in [0.25, 0.3) is 5.91 Å². The molecule has 0 spiro atoms. The summed E-state index contributed by atoms with van der Waals surface area (Å²) in [7, 11) is -3.06. The molecule has 3 aromatic rings. The molecule has 0 aliphatic carbocycles. The molecule has 0 bridgehead atoms. The van der Waals surface area contributed by atoms with Gasteiger partial charge in [0, 0.05) is 23.6 Å². The zero-order chi connectivity index (χ0) is 20.4. The second-order valence-corrected chi connectivity index (χ2v) is 9.19. The van der Waals surface area contributed by atoms with Crippen molar-refractivity contribution < 1.29 is 22.4 Å². The van der Waals surface area contributed by atoms with Crippen molar-refractivity contribution in [2.45, 2.75) is 12.5 Å². The van der Waals surface area contributed by atoms with E-state index in [0.29, 0.717) is 17.8 Å². The van der Waals surface area contributed by atoms with E-state index in [-0.39, 0.29) is 24.2 Å². The molecule has 8 heteroatoms. The first kappa shape index (κ1) is 19.2. The normalized spacial score (nSPS) is 17.9. The van der Waals surface area contributed by atoms with Gasteiger partial charge in [-0.2, -0.15) is 0 Å². The van der Waals surface area contributed by atoms with E-state index in [1.54, 1.807) is 18.2 Å². The van der Waals surface area contributed by atoms with Gasteiger partial charge in [0.05, 0.1) is 11.5 Å². The summed E-state index contributed by atoms with van der Waals surface area (Å²) in [5.74, 6) is 0.0285. The Kier molecular flexibility index (Phi) is 5.10. The molecule has 1 fully saturated rings. The highest BCUT2D eigenvalue weighted by Gasteiger charge is 2.28. The van der Waals surface area contributed by atoms with E-state index in [1.165, 1.54) is 6.07 Å². The van der Waals surface area contributed by atoms with Crippen LogP contribution in [0.25, 0.3) is 22.1 Å². The maximum absolute atomic E-state index is 12.0. The maximum atomic E-state index is 12.0. The highest BCUT2D eigenvalue weighted by atomic mass is 32.2. The van der Waals surface area contributed by atoms with Crippen molar-refractivity contribution in [1.29, 1.82) is 0 Å². The number of ether oxygens (including phenoxy) is 1. The molecule has 2 heterocycles. The van der Waals surface area contributed by atoms with E-state index in [4.69, 9.17) is 9.15 Å². The maximum Gasteiger partial charge on any atom is 0.336 e. The standard InChI is InChI=1S/C21H19NO6S/c23-20(22-15-8-9-29(25,26)13-15)12-27-16-6-7-17-18(14-4-2-1-3-5-14)11-21(24)28-19(17)10-16/h1-7,10-11,15H,8-9,12-13H2,(H,22,23)/t15-/m1/s1. The molecule has 150 valence electrons. The molecule has 29 heavy (non-hydrogen) atoms. The van der Waals surface area contributed by atoms with Gasteiger partial charge >= 0.3 is 5.63 Å². The molecule has 1 N–H and O–H groups in total. The number of carbonyl (C=O) groups excluding carboxylic acids is 1. The van der Waals surface area contributed by atoms with Crippen LogP contribution in [0.2, 0.25) is 0 Å². The van der Waals surface area contributed by atoms with Gasteiger partial charge in [0.15, 0.2) is 16.4 Å². The first-order valence-corrected chi connectivity index (χ1v) is 11.0. The van der Waals surface area contributed by atoms with Crippen molar-refractivity contribution in [3.63, 3.8) is 0 Å². The largest absolute Gasteiger partial charge is 0.484 e. The van der Waals surface area contributed by atoms with Crippen molar-refractivity contribution in [3.8, 4) is 16.9 Å². The number of carbonyl (C=O) groups is 1. The summed E-state index contributed by atoms with van der Waals surface area (Å²) in [6, 6.07) is 15.6. The molecule has 7 nitrogen and oxygen atoms in total. The molecule has 0 unspecified atom stereocenters. The summed E-state index contributed by atoms with van der Waals surface area (Å²) in [5.41, 5.74) is 1.53. The summed E-state index contributed by atoms with van der Waals surface area (Å²) < 4.78 is 33.7. The number of amides is 1. The minimum atomic E-state index is -3.06. The van der Waals surface area contributed by atoms with Crippen LogP contribution < -0.4 is 15.7 Å². The number of fused-ring (bicyclic) bond motifs is 1. The van der Waals surface area contributed by atoms with Gasteiger partial charge in [-0.25, -0.2) is 13.2 Å². The van der Waals surface area contributed by atoms with E-state index in [2.05, 4.69) is 5.32 Å². The Bertz CT molecular complexity index is 1220. The van der Waals surface area contributed by atoms with E-state index >= 15 is 0 Å². The summed E-state index contributed by atoms with van der Waals surface area (Å²) >= 11 is 0. The molecule has 1 atom stereocenters. The Hall–Kier alpha value is -3.13. The smallest absolute Gasteiger partial charge is 0.336 e. The van der Waals surface area contributed by atoms with Crippen LogP contribution in [-0.2, 0) is 14.6 Å². The van der Waals surface area contributed by atoms with Gasteiger partial charge < -0.3 is 14.5 Å². The lowest BCUT2D eigenvalue weighted by Crippen LogP contribution is -2.38. The SMILES string of the molecule is O=C(COc1ccc2c(-c3ccccc3)cc(=O)oc2c1)N[C@@H]1CCS(=O)(=O)C1. The Labute approximate surface area is 167 Å². The minimum Gasteiger partial charge on any atom is -0.484 e. The van der Waals surface area contributed by atoms with Crippen molar-refractivity contribution in [2.75, 3.05) is 18.1 Å². The van der Waals surface area contributed by atoms with Gasteiger partial charge in [0.1, 0.15) is 11.3 Å². The Morgan fingerprint density at radius 1 is 1.14 bits per heavy atom. The molecule has 0 radical (unpaired) electrons. The van der Waals surface area contributed by atoms with Gasteiger partial charge in [-0.05, 0) is 29.7 Å². The lowest BCUT2D eigenvalue weighted by molar-refractivity contribution is -0.123. The minimum absolute atomic E-state index is 0.0395. The van der Waals surface area contributed by atoms with E-state index in [1.807, 2.05) is 30.3 Å². The molecule has 1 aliphatic rings. The van der Waals surface area contributed by atoms with Crippen LogP contribution in [0.5, 0.6) is 5.75 Å². The quantitative estimate of drug-likeness (QED) is 0.643. The molecule has 0 saturated carbocycles. The van der Waals surface area contributed by atoms with Crippen molar-refractivity contribution in [1.82, 2.24) is 5.32 Å². The third-order valence-corrected chi connectivity index (χ3v) is 6.54. The molecule has 1 amide bonds. The van der Waals surface area contributed by atoms with Crippen molar-refractivity contribution in [2.24, 2.45) is 0 Å². The van der Waals surface area contributed by atoms with Gasteiger partial charge in [-0.3, -0.25) is 4.79 Å². The third kappa shape index (κ3) is 4.48. The first-order valence-electron chi connectivity index (χ1n) is 9.15. The predicted octanol–water partition coefficient (Wildman–Crippen LogP) is 2.14. The number of rotatable bonds is 5. The second kappa shape index (κ2) is 7.71. The lowest BCUT2D eigenvalue weighted by atomic mass is 10.0. The van der Waals surface area contributed by atoms with Crippen LogP contribution in [0.4, 0.5) is 0 Å². The average molecular weight is 413 g/mol.